The topological polar surface area (TPSA) is 63.0 Å². The highest BCUT2D eigenvalue weighted by Crippen LogP contribution is 2.27. The van der Waals surface area contributed by atoms with E-state index in [2.05, 4.69) is 4.98 Å². The molecule has 2 aromatic rings. The standard InChI is InChI=1S/C12H7ClN2O2.ClH/c1-17-10-5-4-9(12(13)16)8-3-2-7(6-14)15-11(8)10;/h2-5H,1H3;1H. The lowest BCUT2D eigenvalue weighted by Crippen LogP contribution is -1.96. The van der Waals surface area contributed by atoms with E-state index in [4.69, 9.17) is 21.6 Å². The molecule has 92 valence electrons. The first-order chi connectivity index (χ1) is 8.17. The molecule has 1 aromatic carbocycles. The lowest BCUT2D eigenvalue weighted by molar-refractivity contribution is 0.108. The third kappa shape index (κ3) is 2.37. The first kappa shape index (κ1) is 14.2. The smallest absolute Gasteiger partial charge is 0.253 e. The van der Waals surface area contributed by atoms with Crippen LogP contribution in [0.1, 0.15) is 16.1 Å². The number of ether oxygens (including phenoxy) is 1. The Hall–Kier alpha value is -1.83. The van der Waals surface area contributed by atoms with Gasteiger partial charge in [-0.25, -0.2) is 4.98 Å². The van der Waals surface area contributed by atoms with Crippen molar-refractivity contribution in [1.29, 1.82) is 5.26 Å². The van der Waals surface area contributed by atoms with Crippen molar-refractivity contribution in [3.8, 4) is 11.8 Å². The Labute approximate surface area is 115 Å². The largest absolute Gasteiger partial charge is 0.494 e. The number of pyridine rings is 1. The van der Waals surface area contributed by atoms with Crippen LogP contribution in [-0.4, -0.2) is 17.3 Å². The van der Waals surface area contributed by atoms with Crippen LogP contribution in [0.15, 0.2) is 24.3 Å². The Kier molecular flexibility index (Phi) is 4.49. The Morgan fingerprint density at radius 1 is 1.39 bits per heavy atom. The fourth-order valence-electron chi connectivity index (χ4n) is 1.59. The van der Waals surface area contributed by atoms with Gasteiger partial charge in [-0.1, -0.05) is 0 Å². The SMILES string of the molecule is COc1ccc(C(=O)Cl)c2ccc(C#N)nc12.Cl. The molecule has 0 N–H and O–H groups in total. The molecule has 0 atom stereocenters. The molecular formula is C12H8Cl2N2O2. The van der Waals surface area contributed by atoms with Crippen LogP contribution < -0.4 is 4.74 Å². The molecule has 0 unspecified atom stereocenters. The first-order valence-electron chi connectivity index (χ1n) is 4.75. The molecule has 0 bridgehead atoms. The van der Waals surface area contributed by atoms with Gasteiger partial charge in [0.15, 0.2) is 0 Å². The number of nitrogens with zero attached hydrogens (tertiary/aromatic N) is 2. The number of fused-ring (bicyclic) bond motifs is 1. The molecule has 1 heterocycles. The summed E-state index contributed by atoms with van der Waals surface area (Å²) in [5.41, 5.74) is 1.06. The highest BCUT2D eigenvalue weighted by Gasteiger charge is 2.12. The Morgan fingerprint density at radius 3 is 2.67 bits per heavy atom. The van der Waals surface area contributed by atoms with E-state index in [1.807, 2.05) is 6.07 Å². The van der Waals surface area contributed by atoms with Crippen LogP contribution in [0, 0.1) is 11.3 Å². The molecule has 1 aromatic heterocycles. The summed E-state index contributed by atoms with van der Waals surface area (Å²) in [6.45, 7) is 0. The number of methoxy groups -OCH3 is 1. The molecule has 2 rings (SSSR count). The van der Waals surface area contributed by atoms with Crippen molar-refractivity contribution >= 4 is 40.2 Å². The van der Waals surface area contributed by atoms with Gasteiger partial charge in [-0.05, 0) is 35.9 Å². The van der Waals surface area contributed by atoms with Gasteiger partial charge in [0.1, 0.15) is 23.0 Å². The number of hydrogen-bond donors (Lipinski definition) is 0. The van der Waals surface area contributed by atoms with Crippen LogP contribution in [-0.2, 0) is 0 Å². The second kappa shape index (κ2) is 5.67. The fraction of sp³-hybridized carbons (Fsp3) is 0.0833. The second-order valence-electron chi connectivity index (χ2n) is 3.29. The second-order valence-corrected chi connectivity index (χ2v) is 3.64. The van der Waals surface area contributed by atoms with Gasteiger partial charge in [0.25, 0.3) is 5.24 Å². The molecule has 0 saturated heterocycles. The van der Waals surface area contributed by atoms with Gasteiger partial charge in [-0.2, -0.15) is 5.26 Å². The van der Waals surface area contributed by atoms with Gasteiger partial charge in [-0.3, -0.25) is 4.79 Å². The quantitative estimate of drug-likeness (QED) is 0.795. The van der Waals surface area contributed by atoms with Gasteiger partial charge < -0.3 is 4.74 Å². The van der Waals surface area contributed by atoms with E-state index in [1.54, 1.807) is 18.2 Å². The lowest BCUT2D eigenvalue weighted by Gasteiger charge is -2.07. The number of benzene rings is 1. The molecular weight excluding hydrogens is 275 g/mol. The van der Waals surface area contributed by atoms with Crippen LogP contribution in [0.2, 0.25) is 0 Å². The number of carbonyl (C=O) groups is 1. The summed E-state index contributed by atoms with van der Waals surface area (Å²) in [4.78, 5) is 15.4. The van der Waals surface area contributed by atoms with Crippen molar-refractivity contribution in [3.63, 3.8) is 0 Å². The maximum atomic E-state index is 11.2. The summed E-state index contributed by atoms with van der Waals surface area (Å²) in [6, 6.07) is 8.28. The van der Waals surface area contributed by atoms with Crippen LogP contribution in [0.4, 0.5) is 0 Å². The summed E-state index contributed by atoms with van der Waals surface area (Å²) in [5, 5.41) is 8.80. The average molecular weight is 283 g/mol. The Balaban J connectivity index is 0.00000162. The Bertz CT molecular complexity index is 650. The van der Waals surface area contributed by atoms with Crippen molar-refractivity contribution in [3.05, 3.63) is 35.5 Å². The monoisotopic (exact) mass is 282 g/mol. The number of hydrogen-bond acceptors (Lipinski definition) is 4. The molecule has 0 aliphatic heterocycles. The number of rotatable bonds is 2. The summed E-state index contributed by atoms with van der Waals surface area (Å²) >= 11 is 5.48. The van der Waals surface area contributed by atoms with Gasteiger partial charge >= 0.3 is 0 Å². The summed E-state index contributed by atoms with van der Waals surface area (Å²) in [7, 11) is 1.50. The molecule has 4 nitrogen and oxygen atoms in total. The molecule has 6 heteroatoms. The highest BCUT2D eigenvalue weighted by molar-refractivity contribution is 6.68. The first-order valence-corrected chi connectivity index (χ1v) is 5.13. The Morgan fingerprint density at radius 2 is 2.11 bits per heavy atom. The van der Waals surface area contributed by atoms with E-state index in [0.29, 0.717) is 22.2 Å². The van der Waals surface area contributed by atoms with Crippen LogP contribution >= 0.6 is 24.0 Å². The van der Waals surface area contributed by atoms with E-state index < -0.39 is 5.24 Å². The maximum Gasteiger partial charge on any atom is 0.253 e. The van der Waals surface area contributed by atoms with E-state index >= 15 is 0 Å². The number of aromatic nitrogens is 1. The lowest BCUT2D eigenvalue weighted by atomic mass is 10.1. The molecule has 0 amide bonds. The third-order valence-corrected chi connectivity index (χ3v) is 2.57. The number of nitriles is 1. The molecule has 0 radical (unpaired) electrons. The predicted octanol–water partition coefficient (Wildman–Crippen LogP) is 2.92. The van der Waals surface area contributed by atoms with Crippen LogP contribution in [0.25, 0.3) is 10.9 Å². The highest BCUT2D eigenvalue weighted by atomic mass is 35.5. The van der Waals surface area contributed by atoms with Crippen molar-refractivity contribution < 1.29 is 9.53 Å². The predicted molar refractivity (Wildman–Crippen MR) is 70.4 cm³/mol. The normalized spacial score (nSPS) is 9.39. The minimum Gasteiger partial charge on any atom is -0.494 e. The van der Waals surface area contributed by atoms with Crippen LogP contribution in [0.3, 0.4) is 0 Å². The van der Waals surface area contributed by atoms with E-state index in [9.17, 15) is 4.79 Å². The van der Waals surface area contributed by atoms with Gasteiger partial charge in [-0.15, -0.1) is 12.4 Å². The van der Waals surface area contributed by atoms with Gasteiger partial charge in [0.05, 0.1) is 7.11 Å². The van der Waals surface area contributed by atoms with Crippen molar-refractivity contribution in [2.75, 3.05) is 7.11 Å². The molecule has 0 fully saturated rings. The van der Waals surface area contributed by atoms with Crippen molar-refractivity contribution in [2.45, 2.75) is 0 Å². The van der Waals surface area contributed by atoms with E-state index in [-0.39, 0.29) is 18.1 Å². The minimum atomic E-state index is -0.566. The summed E-state index contributed by atoms with van der Waals surface area (Å²) in [5.74, 6) is 0.499. The average Bonchev–Trinajstić information content (AvgIpc) is 2.36. The molecule has 0 aliphatic carbocycles. The fourth-order valence-corrected chi connectivity index (χ4v) is 1.76. The molecule has 0 saturated carbocycles. The van der Waals surface area contributed by atoms with E-state index in [0.717, 1.165) is 0 Å². The zero-order chi connectivity index (χ0) is 12.4. The summed E-state index contributed by atoms with van der Waals surface area (Å²) < 4.78 is 5.14. The zero-order valence-corrected chi connectivity index (χ0v) is 10.9. The summed E-state index contributed by atoms with van der Waals surface area (Å²) in [6.07, 6.45) is 0. The van der Waals surface area contributed by atoms with Gasteiger partial charge in [0.2, 0.25) is 0 Å². The van der Waals surface area contributed by atoms with Gasteiger partial charge in [0, 0.05) is 10.9 Å². The van der Waals surface area contributed by atoms with Crippen molar-refractivity contribution in [1.82, 2.24) is 4.98 Å². The number of carbonyl (C=O) groups excluding carboxylic acids is 1. The zero-order valence-electron chi connectivity index (χ0n) is 9.31. The molecule has 0 aliphatic rings. The molecule has 18 heavy (non-hydrogen) atoms. The minimum absolute atomic E-state index is 0. The maximum absolute atomic E-state index is 11.2. The van der Waals surface area contributed by atoms with E-state index in [1.165, 1.54) is 13.2 Å². The van der Waals surface area contributed by atoms with Crippen molar-refractivity contribution in [2.24, 2.45) is 0 Å². The van der Waals surface area contributed by atoms with Crippen LogP contribution in [0.5, 0.6) is 5.75 Å². The number of halogens is 2. The third-order valence-electron chi connectivity index (χ3n) is 2.37. The molecule has 0 spiro atoms.